The van der Waals surface area contributed by atoms with Gasteiger partial charge in [-0.15, -0.1) is 10.1 Å². The number of Topliss-reactive ketones (excluding diaryl/α,β-unsaturated/α-hetero) is 1. The van der Waals surface area contributed by atoms with E-state index in [9.17, 15) is 20.0 Å². The molecule has 1 aromatic carbocycles. The third-order valence-corrected chi connectivity index (χ3v) is 4.00. The number of ketones is 1. The highest BCUT2D eigenvalue weighted by Gasteiger charge is 2.60. The zero-order valence-electron chi connectivity index (χ0n) is 11.8. The molecule has 2 saturated heterocycles. The van der Waals surface area contributed by atoms with Crippen molar-refractivity contribution in [2.24, 2.45) is 0 Å². The van der Waals surface area contributed by atoms with Gasteiger partial charge in [0.1, 0.15) is 12.2 Å². The Kier molecular flexibility index (Phi) is 3.59. The first-order chi connectivity index (χ1) is 10.4. The van der Waals surface area contributed by atoms with E-state index in [4.69, 9.17) is 9.47 Å². The normalized spacial score (nSPS) is 33.5. The second kappa shape index (κ2) is 5.31. The van der Waals surface area contributed by atoms with Gasteiger partial charge in [-0.3, -0.25) is 4.79 Å². The quantitative estimate of drug-likeness (QED) is 0.483. The van der Waals surface area contributed by atoms with E-state index in [-0.39, 0.29) is 13.2 Å². The van der Waals surface area contributed by atoms with Gasteiger partial charge >= 0.3 is 0 Å². The van der Waals surface area contributed by atoms with E-state index < -0.39 is 34.8 Å². The van der Waals surface area contributed by atoms with Gasteiger partial charge in [0.05, 0.1) is 13.2 Å². The molecule has 22 heavy (non-hydrogen) atoms. The molecule has 0 saturated carbocycles. The van der Waals surface area contributed by atoms with E-state index in [1.165, 1.54) is 0 Å². The molecule has 4 atom stereocenters. The Balaban J connectivity index is 1.81. The maximum atomic E-state index is 12.6. The number of nitrogens with zero attached hydrogens (tertiary/aromatic N) is 1. The van der Waals surface area contributed by atoms with Crippen molar-refractivity contribution in [1.29, 1.82) is 0 Å². The monoisotopic (exact) mass is 309 g/mol. The standard InChI is InChI=1S/C14H15NO7/c1-8-2-4-9(5-3-8)12(16)14(17)7-21-11-10(22-15(18)19)6-20-13(11)14/h2-5,10-11,13,17H,6-7H2,1H3/t10-,11+,13-,14-/m0/s1. The zero-order chi connectivity index (χ0) is 15.9. The number of benzene rings is 1. The van der Waals surface area contributed by atoms with Crippen LogP contribution >= 0.6 is 0 Å². The Labute approximate surface area is 125 Å². The molecular formula is C14H15NO7. The molecule has 8 nitrogen and oxygen atoms in total. The van der Waals surface area contributed by atoms with E-state index in [2.05, 4.69) is 4.84 Å². The first-order valence-electron chi connectivity index (χ1n) is 6.80. The molecule has 2 aliphatic rings. The Morgan fingerprint density at radius 2 is 2.09 bits per heavy atom. The lowest BCUT2D eigenvalue weighted by molar-refractivity contribution is -0.769. The van der Waals surface area contributed by atoms with Crippen LogP contribution in [-0.2, 0) is 14.3 Å². The number of rotatable bonds is 4. The van der Waals surface area contributed by atoms with Crippen LogP contribution in [-0.4, -0.2) is 53.1 Å². The van der Waals surface area contributed by atoms with Gasteiger partial charge in [0.15, 0.2) is 17.5 Å². The van der Waals surface area contributed by atoms with Gasteiger partial charge in [0.25, 0.3) is 5.09 Å². The molecule has 0 unspecified atom stereocenters. The third kappa shape index (κ3) is 2.35. The number of aliphatic hydroxyl groups is 1. The summed E-state index contributed by atoms with van der Waals surface area (Å²) in [7, 11) is 0. The highest BCUT2D eigenvalue weighted by Crippen LogP contribution is 2.37. The molecule has 2 fully saturated rings. The molecule has 3 rings (SSSR count). The van der Waals surface area contributed by atoms with E-state index in [1.54, 1.807) is 24.3 Å². The van der Waals surface area contributed by atoms with Crippen molar-refractivity contribution < 1.29 is 29.3 Å². The minimum absolute atomic E-state index is 0.111. The first kappa shape index (κ1) is 14.9. The van der Waals surface area contributed by atoms with Gasteiger partial charge in [0, 0.05) is 5.56 Å². The average molecular weight is 309 g/mol. The summed E-state index contributed by atoms with van der Waals surface area (Å²) in [6, 6.07) is 6.75. The number of aryl methyl sites for hydroxylation is 1. The number of carbonyl (C=O) groups excluding carboxylic acids is 1. The topological polar surface area (TPSA) is 108 Å². The molecule has 2 heterocycles. The maximum Gasteiger partial charge on any atom is 0.294 e. The molecule has 1 N–H and O–H groups in total. The maximum absolute atomic E-state index is 12.6. The summed E-state index contributed by atoms with van der Waals surface area (Å²) in [4.78, 5) is 27.5. The summed E-state index contributed by atoms with van der Waals surface area (Å²) >= 11 is 0. The predicted molar refractivity (Wildman–Crippen MR) is 71.8 cm³/mol. The van der Waals surface area contributed by atoms with Crippen molar-refractivity contribution in [1.82, 2.24) is 0 Å². The van der Waals surface area contributed by atoms with Gasteiger partial charge in [-0.25, -0.2) is 0 Å². The highest BCUT2D eigenvalue weighted by molar-refractivity contribution is 6.03. The molecule has 2 aliphatic heterocycles. The Bertz CT molecular complexity index is 602. The van der Waals surface area contributed by atoms with Gasteiger partial charge < -0.3 is 19.4 Å². The van der Waals surface area contributed by atoms with Crippen molar-refractivity contribution in [2.45, 2.75) is 30.8 Å². The van der Waals surface area contributed by atoms with Crippen LogP contribution in [0, 0.1) is 17.0 Å². The molecule has 0 aromatic heterocycles. The van der Waals surface area contributed by atoms with Crippen molar-refractivity contribution >= 4 is 5.78 Å². The van der Waals surface area contributed by atoms with Gasteiger partial charge in [-0.1, -0.05) is 29.8 Å². The summed E-state index contributed by atoms with van der Waals surface area (Å²) in [5.74, 6) is -0.526. The van der Waals surface area contributed by atoms with E-state index >= 15 is 0 Å². The fourth-order valence-electron chi connectivity index (χ4n) is 2.84. The highest BCUT2D eigenvalue weighted by atomic mass is 17.0. The van der Waals surface area contributed by atoms with Crippen molar-refractivity contribution in [2.75, 3.05) is 13.2 Å². The Hall–Kier alpha value is -2.03. The van der Waals surface area contributed by atoms with Crippen LogP contribution in [0.4, 0.5) is 0 Å². The lowest BCUT2D eigenvalue weighted by atomic mass is 9.87. The van der Waals surface area contributed by atoms with Gasteiger partial charge in [0.2, 0.25) is 0 Å². The molecule has 8 heteroatoms. The minimum Gasteiger partial charge on any atom is -0.377 e. The number of fused-ring (bicyclic) bond motifs is 1. The van der Waals surface area contributed by atoms with Crippen molar-refractivity contribution in [3.63, 3.8) is 0 Å². The van der Waals surface area contributed by atoms with Crippen LogP contribution < -0.4 is 0 Å². The Morgan fingerprint density at radius 1 is 1.41 bits per heavy atom. The van der Waals surface area contributed by atoms with Crippen LogP contribution in [0.3, 0.4) is 0 Å². The molecule has 118 valence electrons. The van der Waals surface area contributed by atoms with Crippen LogP contribution in [0.25, 0.3) is 0 Å². The smallest absolute Gasteiger partial charge is 0.294 e. The van der Waals surface area contributed by atoms with Crippen LogP contribution in [0.2, 0.25) is 0 Å². The third-order valence-electron chi connectivity index (χ3n) is 4.00. The number of ether oxygens (including phenoxy) is 2. The van der Waals surface area contributed by atoms with Crippen LogP contribution in [0.5, 0.6) is 0 Å². The Morgan fingerprint density at radius 3 is 2.73 bits per heavy atom. The molecule has 0 bridgehead atoms. The summed E-state index contributed by atoms with van der Waals surface area (Å²) in [6.07, 6.45) is -2.77. The fraction of sp³-hybridized carbons (Fsp3) is 0.500. The van der Waals surface area contributed by atoms with Gasteiger partial charge in [-0.05, 0) is 6.92 Å². The summed E-state index contributed by atoms with van der Waals surface area (Å²) in [6.45, 7) is 1.49. The summed E-state index contributed by atoms with van der Waals surface area (Å²) < 4.78 is 10.7. The van der Waals surface area contributed by atoms with E-state index in [1.807, 2.05) is 6.92 Å². The van der Waals surface area contributed by atoms with Crippen molar-refractivity contribution in [3.05, 3.63) is 45.5 Å². The largest absolute Gasteiger partial charge is 0.377 e. The lowest BCUT2D eigenvalue weighted by Crippen LogP contribution is -2.50. The van der Waals surface area contributed by atoms with Gasteiger partial charge in [-0.2, -0.15) is 0 Å². The van der Waals surface area contributed by atoms with Crippen molar-refractivity contribution in [3.8, 4) is 0 Å². The lowest BCUT2D eigenvalue weighted by Gasteiger charge is -2.25. The fourth-order valence-corrected chi connectivity index (χ4v) is 2.84. The summed E-state index contributed by atoms with van der Waals surface area (Å²) in [5.41, 5.74) is -0.547. The molecule has 1 aromatic rings. The summed E-state index contributed by atoms with van der Waals surface area (Å²) in [5, 5.41) is 20.2. The van der Waals surface area contributed by atoms with Crippen LogP contribution in [0.1, 0.15) is 15.9 Å². The average Bonchev–Trinajstić information content (AvgIpc) is 3.02. The molecule has 0 spiro atoms. The van der Waals surface area contributed by atoms with E-state index in [0.29, 0.717) is 5.56 Å². The zero-order valence-corrected chi connectivity index (χ0v) is 11.8. The molecule has 0 radical (unpaired) electrons. The SMILES string of the molecule is Cc1ccc(C(=O)[C@@]2(O)CO[C@@H]3[C@@H](O[N+](=O)[O-])CO[C@@H]32)cc1. The molecular weight excluding hydrogens is 294 g/mol. The predicted octanol–water partition coefficient (Wildman–Crippen LogP) is 0.283. The second-order valence-electron chi connectivity index (χ2n) is 5.52. The number of hydrogen-bond donors (Lipinski definition) is 1. The number of hydrogen-bond acceptors (Lipinski definition) is 7. The minimum atomic E-state index is -1.87. The van der Waals surface area contributed by atoms with Crippen LogP contribution in [0.15, 0.2) is 24.3 Å². The molecule has 0 aliphatic carbocycles. The number of carbonyl (C=O) groups is 1. The first-order valence-corrected chi connectivity index (χ1v) is 6.80. The second-order valence-corrected chi connectivity index (χ2v) is 5.52. The molecule has 0 amide bonds. The van der Waals surface area contributed by atoms with E-state index in [0.717, 1.165) is 5.56 Å².